The second-order valence-electron chi connectivity index (χ2n) is 5.04. The summed E-state index contributed by atoms with van der Waals surface area (Å²) in [5, 5.41) is 1.87. The molecule has 0 bridgehead atoms. The zero-order chi connectivity index (χ0) is 16.9. The summed E-state index contributed by atoms with van der Waals surface area (Å²) in [6.45, 7) is 0. The molecule has 0 unspecified atom stereocenters. The van der Waals surface area contributed by atoms with E-state index in [2.05, 4.69) is 15.8 Å². The summed E-state index contributed by atoms with van der Waals surface area (Å²) >= 11 is 0. The molecule has 2 N–H and O–H groups in total. The summed E-state index contributed by atoms with van der Waals surface area (Å²) in [5.41, 5.74) is 5.51. The Labute approximate surface area is 138 Å². The molecule has 0 aliphatic rings. The average Bonchev–Trinajstić information content (AvgIpc) is 2.65. The lowest BCUT2D eigenvalue weighted by Crippen LogP contribution is -2.41. The highest BCUT2D eigenvalue weighted by Gasteiger charge is 2.14. The number of fused-ring (bicyclic) bond motifs is 1. The molecule has 0 spiro atoms. The van der Waals surface area contributed by atoms with Crippen molar-refractivity contribution < 1.29 is 14.3 Å². The Balaban J connectivity index is 1.79. The highest BCUT2D eigenvalue weighted by atomic mass is 16.5. The molecule has 0 aliphatic heterocycles. The Morgan fingerprint density at radius 3 is 2.21 bits per heavy atom. The molecular formula is C18H15N3O3. The monoisotopic (exact) mass is 321 g/mol. The molecule has 3 aromatic rings. The third kappa shape index (κ3) is 3.17. The molecule has 2 amide bonds. The Kier molecular flexibility index (Phi) is 4.38. The predicted octanol–water partition coefficient (Wildman–Crippen LogP) is 2.32. The molecule has 6 nitrogen and oxygen atoms in total. The Morgan fingerprint density at radius 2 is 1.54 bits per heavy atom. The largest absolute Gasteiger partial charge is 0.496 e. The lowest BCUT2D eigenvalue weighted by atomic mass is 10.1. The van der Waals surface area contributed by atoms with E-state index in [4.69, 9.17) is 4.74 Å². The fraction of sp³-hybridized carbons (Fsp3) is 0.0556. The summed E-state index contributed by atoms with van der Waals surface area (Å²) in [5.74, 6) is -0.449. The van der Waals surface area contributed by atoms with Crippen molar-refractivity contribution in [3.8, 4) is 5.75 Å². The summed E-state index contributed by atoms with van der Waals surface area (Å²) in [4.78, 5) is 28.2. The number of nitrogens with one attached hydrogen (secondary N) is 2. The van der Waals surface area contributed by atoms with E-state index in [0.29, 0.717) is 16.9 Å². The van der Waals surface area contributed by atoms with E-state index in [0.717, 1.165) is 10.8 Å². The molecule has 120 valence electrons. The number of benzene rings is 2. The van der Waals surface area contributed by atoms with Crippen LogP contribution in [0.3, 0.4) is 0 Å². The number of hydrazine groups is 1. The maximum Gasteiger partial charge on any atom is 0.273 e. The van der Waals surface area contributed by atoms with Gasteiger partial charge in [-0.15, -0.1) is 0 Å². The first-order chi connectivity index (χ1) is 11.7. The van der Waals surface area contributed by atoms with Gasteiger partial charge in [0, 0.05) is 18.0 Å². The molecule has 0 radical (unpaired) electrons. The van der Waals surface area contributed by atoms with E-state index in [-0.39, 0.29) is 0 Å². The van der Waals surface area contributed by atoms with Crippen molar-refractivity contribution in [1.29, 1.82) is 0 Å². The highest BCUT2D eigenvalue weighted by Crippen LogP contribution is 2.25. The molecule has 0 saturated carbocycles. The van der Waals surface area contributed by atoms with E-state index in [9.17, 15) is 9.59 Å². The quantitative estimate of drug-likeness (QED) is 0.726. The van der Waals surface area contributed by atoms with Crippen LogP contribution in [0.4, 0.5) is 0 Å². The molecule has 3 rings (SSSR count). The van der Waals surface area contributed by atoms with Crippen LogP contribution in [0.1, 0.15) is 20.7 Å². The minimum absolute atomic E-state index is 0.339. The molecule has 1 aromatic heterocycles. The van der Waals surface area contributed by atoms with E-state index in [1.807, 2.05) is 24.3 Å². The number of rotatable bonds is 3. The summed E-state index contributed by atoms with van der Waals surface area (Å²) in [7, 11) is 1.50. The summed E-state index contributed by atoms with van der Waals surface area (Å²) in [6, 6.07) is 14.3. The standard InChI is InChI=1S/C18H15N3O3/c1-24-16-11-14-5-3-2-4-13(14)10-15(16)18(23)21-20-17(22)12-6-8-19-9-7-12/h2-11H,1H3,(H,20,22)(H,21,23). The number of pyridine rings is 1. The predicted molar refractivity (Wildman–Crippen MR) is 89.7 cm³/mol. The maximum absolute atomic E-state index is 12.4. The van der Waals surface area contributed by atoms with E-state index in [1.54, 1.807) is 24.3 Å². The van der Waals surface area contributed by atoms with Crippen LogP contribution in [0, 0.1) is 0 Å². The minimum Gasteiger partial charge on any atom is -0.496 e. The Hall–Kier alpha value is -3.41. The first kappa shape index (κ1) is 15.5. The maximum atomic E-state index is 12.4. The summed E-state index contributed by atoms with van der Waals surface area (Å²) in [6.07, 6.45) is 3.01. The molecule has 2 aromatic carbocycles. The number of hydrogen-bond acceptors (Lipinski definition) is 4. The van der Waals surface area contributed by atoms with Gasteiger partial charge in [0.2, 0.25) is 0 Å². The third-order valence-corrected chi connectivity index (χ3v) is 3.54. The smallest absolute Gasteiger partial charge is 0.273 e. The van der Waals surface area contributed by atoms with Crippen LogP contribution in [0.15, 0.2) is 60.9 Å². The van der Waals surface area contributed by atoms with Crippen molar-refractivity contribution in [3.05, 3.63) is 72.1 Å². The number of nitrogens with zero attached hydrogens (tertiary/aromatic N) is 1. The molecule has 0 saturated heterocycles. The first-order valence-corrected chi connectivity index (χ1v) is 7.26. The van der Waals surface area contributed by atoms with Crippen LogP contribution in [0.5, 0.6) is 5.75 Å². The number of ether oxygens (including phenoxy) is 1. The van der Waals surface area contributed by atoms with E-state index >= 15 is 0 Å². The van der Waals surface area contributed by atoms with Crippen molar-refractivity contribution in [2.24, 2.45) is 0 Å². The SMILES string of the molecule is COc1cc2ccccc2cc1C(=O)NNC(=O)c1ccncc1. The van der Waals surface area contributed by atoms with Crippen molar-refractivity contribution in [2.75, 3.05) is 7.11 Å². The van der Waals surface area contributed by atoms with Gasteiger partial charge in [-0.25, -0.2) is 0 Å². The van der Waals surface area contributed by atoms with Gasteiger partial charge in [0.15, 0.2) is 0 Å². The number of carbonyl (C=O) groups is 2. The van der Waals surface area contributed by atoms with Gasteiger partial charge in [-0.2, -0.15) is 0 Å². The van der Waals surface area contributed by atoms with Gasteiger partial charge in [0.25, 0.3) is 11.8 Å². The van der Waals surface area contributed by atoms with Gasteiger partial charge >= 0.3 is 0 Å². The average molecular weight is 321 g/mol. The van der Waals surface area contributed by atoms with E-state index in [1.165, 1.54) is 19.5 Å². The second kappa shape index (κ2) is 6.78. The minimum atomic E-state index is -0.458. The van der Waals surface area contributed by atoms with Gasteiger partial charge in [-0.1, -0.05) is 24.3 Å². The molecule has 0 atom stereocenters. The zero-order valence-electron chi connectivity index (χ0n) is 12.9. The van der Waals surface area contributed by atoms with Crippen LogP contribution >= 0.6 is 0 Å². The van der Waals surface area contributed by atoms with Gasteiger partial charge in [0.1, 0.15) is 5.75 Å². The lowest BCUT2D eigenvalue weighted by Gasteiger charge is -2.11. The Bertz CT molecular complexity index is 894. The van der Waals surface area contributed by atoms with Crippen LogP contribution in [-0.4, -0.2) is 23.9 Å². The molecule has 24 heavy (non-hydrogen) atoms. The summed E-state index contributed by atoms with van der Waals surface area (Å²) < 4.78 is 5.28. The fourth-order valence-electron chi connectivity index (χ4n) is 2.32. The lowest BCUT2D eigenvalue weighted by molar-refractivity contribution is 0.0845. The van der Waals surface area contributed by atoms with Crippen molar-refractivity contribution in [3.63, 3.8) is 0 Å². The number of hydrogen-bond donors (Lipinski definition) is 2. The van der Waals surface area contributed by atoms with Crippen LogP contribution in [0.2, 0.25) is 0 Å². The normalized spacial score (nSPS) is 10.2. The molecule has 0 aliphatic carbocycles. The second-order valence-corrected chi connectivity index (χ2v) is 5.04. The molecule has 6 heteroatoms. The van der Waals surface area contributed by atoms with Crippen molar-refractivity contribution in [2.45, 2.75) is 0 Å². The van der Waals surface area contributed by atoms with Gasteiger partial charge in [-0.05, 0) is 35.0 Å². The zero-order valence-corrected chi connectivity index (χ0v) is 12.9. The Morgan fingerprint density at radius 1 is 0.917 bits per heavy atom. The third-order valence-electron chi connectivity index (χ3n) is 3.54. The molecular weight excluding hydrogens is 306 g/mol. The number of aromatic nitrogens is 1. The molecule has 1 heterocycles. The highest BCUT2D eigenvalue weighted by molar-refractivity contribution is 6.03. The van der Waals surface area contributed by atoms with Crippen LogP contribution in [-0.2, 0) is 0 Å². The van der Waals surface area contributed by atoms with Gasteiger partial charge in [-0.3, -0.25) is 25.4 Å². The van der Waals surface area contributed by atoms with Gasteiger partial charge in [0.05, 0.1) is 12.7 Å². The van der Waals surface area contributed by atoms with Crippen molar-refractivity contribution in [1.82, 2.24) is 15.8 Å². The molecule has 0 fully saturated rings. The fourth-order valence-corrected chi connectivity index (χ4v) is 2.32. The number of methoxy groups -OCH3 is 1. The van der Waals surface area contributed by atoms with Crippen molar-refractivity contribution >= 4 is 22.6 Å². The number of carbonyl (C=O) groups excluding carboxylic acids is 2. The van der Waals surface area contributed by atoms with Crippen LogP contribution in [0.25, 0.3) is 10.8 Å². The van der Waals surface area contributed by atoms with Crippen LogP contribution < -0.4 is 15.6 Å². The van der Waals surface area contributed by atoms with E-state index < -0.39 is 11.8 Å². The first-order valence-electron chi connectivity index (χ1n) is 7.26. The topological polar surface area (TPSA) is 80.3 Å². The van der Waals surface area contributed by atoms with Gasteiger partial charge < -0.3 is 4.74 Å². The number of amides is 2.